The number of esters is 1. The second-order valence-corrected chi connectivity index (χ2v) is 6.11. The van der Waals surface area contributed by atoms with Gasteiger partial charge >= 0.3 is 5.97 Å². The molecule has 0 spiro atoms. The zero-order chi connectivity index (χ0) is 20.3. The van der Waals surface area contributed by atoms with Gasteiger partial charge in [0.25, 0.3) is 0 Å². The first-order valence-electron chi connectivity index (χ1n) is 8.47. The predicted molar refractivity (Wildman–Crippen MR) is 101 cm³/mol. The van der Waals surface area contributed by atoms with Crippen molar-refractivity contribution < 1.29 is 19.1 Å². The zero-order valence-electron chi connectivity index (χ0n) is 15.6. The Bertz CT molecular complexity index is 1040. The lowest BCUT2D eigenvalue weighted by Gasteiger charge is -2.11. The van der Waals surface area contributed by atoms with Gasteiger partial charge in [-0.1, -0.05) is 12.1 Å². The maximum absolute atomic E-state index is 12.6. The van der Waals surface area contributed by atoms with Crippen LogP contribution >= 0.6 is 0 Å². The van der Waals surface area contributed by atoms with E-state index >= 15 is 0 Å². The van der Waals surface area contributed by atoms with E-state index in [2.05, 4.69) is 20.4 Å². The summed E-state index contributed by atoms with van der Waals surface area (Å²) in [5, 5.41) is 6.88. The third kappa shape index (κ3) is 3.68. The molecule has 0 fully saturated rings. The number of aromatic amines is 1. The van der Waals surface area contributed by atoms with Gasteiger partial charge in [-0.15, -0.1) is 0 Å². The minimum atomic E-state index is -0.605. The maximum Gasteiger partial charge on any atom is 0.339 e. The van der Waals surface area contributed by atoms with Crippen LogP contribution in [0.15, 0.2) is 36.9 Å². The van der Waals surface area contributed by atoms with E-state index < -0.39 is 5.97 Å². The highest BCUT2D eigenvalue weighted by atomic mass is 16.5. The van der Waals surface area contributed by atoms with Crippen molar-refractivity contribution in [1.82, 2.24) is 19.7 Å². The number of hydrogen-bond acceptors (Lipinski definition) is 6. The summed E-state index contributed by atoms with van der Waals surface area (Å²) in [6.45, 7) is 3.03. The first kappa shape index (κ1) is 19.0. The number of ether oxygens (including phenoxy) is 1. The van der Waals surface area contributed by atoms with E-state index in [1.54, 1.807) is 25.1 Å². The number of carbonyl (C=O) groups is 3. The van der Waals surface area contributed by atoms with E-state index in [4.69, 9.17) is 4.74 Å². The van der Waals surface area contributed by atoms with Crippen LogP contribution in [0.3, 0.4) is 0 Å². The third-order valence-electron chi connectivity index (χ3n) is 4.25. The average molecular weight is 381 g/mol. The summed E-state index contributed by atoms with van der Waals surface area (Å²) in [5.41, 5.74) is 2.45. The molecule has 0 aliphatic carbocycles. The molecule has 0 saturated heterocycles. The lowest BCUT2D eigenvalue weighted by Crippen LogP contribution is -2.18. The topological polar surface area (TPSA) is 119 Å². The minimum Gasteiger partial charge on any atom is -0.465 e. The Hall–Kier alpha value is -3.75. The zero-order valence-corrected chi connectivity index (χ0v) is 15.6. The van der Waals surface area contributed by atoms with Gasteiger partial charge in [0, 0.05) is 12.6 Å². The Labute approximate surface area is 160 Å². The van der Waals surface area contributed by atoms with Crippen LogP contribution in [0.5, 0.6) is 0 Å². The Kier molecular flexibility index (Phi) is 5.35. The summed E-state index contributed by atoms with van der Waals surface area (Å²) in [4.78, 5) is 43.4. The summed E-state index contributed by atoms with van der Waals surface area (Å²) in [7, 11) is 1.25. The van der Waals surface area contributed by atoms with E-state index in [-0.39, 0.29) is 29.4 Å². The monoisotopic (exact) mass is 381 g/mol. The number of nitrogens with one attached hydrogen (secondary N) is 2. The minimum absolute atomic E-state index is 0.135. The average Bonchev–Trinajstić information content (AvgIpc) is 3.30. The lowest BCUT2D eigenvalue weighted by atomic mass is 10.1. The van der Waals surface area contributed by atoms with Gasteiger partial charge < -0.3 is 15.0 Å². The molecular weight excluding hydrogens is 362 g/mol. The van der Waals surface area contributed by atoms with Crippen molar-refractivity contribution in [3.8, 4) is 5.69 Å². The lowest BCUT2D eigenvalue weighted by molar-refractivity contribution is -0.115. The number of Topliss-reactive ketones (excluding diaryl/α,β-unsaturated/α-hetero) is 1. The van der Waals surface area contributed by atoms with E-state index in [1.807, 2.05) is 6.07 Å². The van der Waals surface area contributed by atoms with Gasteiger partial charge in [0.05, 0.1) is 36.2 Å². The molecule has 2 N–H and O–H groups in total. The van der Waals surface area contributed by atoms with E-state index in [1.165, 1.54) is 31.4 Å². The molecule has 2 aromatic heterocycles. The molecule has 2 heterocycles. The van der Waals surface area contributed by atoms with Crippen LogP contribution in [0.2, 0.25) is 0 Å². The van der Waals surface area contributed by atoms with Crippen molar-refractivity contribution in [1.29, 1.82) is 0 Å². The molecule has 0 saturated carbocycles. The molecule has 1 amide bonds. The number of benzene rings is 1. The van der Waals surface area contributed by atoms with Crippen molar-refractivity contribution in [3.63, 3.8) is 0 Å². The SMILES string of the molecule is COC(=O)c1c(CC(=O)Nc2ccccc2-n2cncn2)[nH]c(C(C)=O)c1C. The van der Waals surface area contributed by atoms with Gasteiger partial charge in [0.2, 0.25) is 5.91 Å². The molecule has 0 aliphatic rings. The molecule has 0 atom stereocenters. The number of anilines is 1. The predicted octanol–water partition coefficient (Wildman–Crippen LogP) is 2.07. The number of carbonyl (C=O) groups excluding carboxylic acids is 3. The van der Waals surface area contributed by atoms with E-state index in [0.717, 1.165) is 0 Å². The quantitative estimate of drug-likeness (QED) is 0.498. The van der Waals surface area contributed by atoms with Crippen LogP contribution in [-0.2, 0) is 16.0 Å². The fourth-order valence-corrected chi connectivity index (χ4v) is 2.99. The smallest absolute Gasteiger partial charge is 0.339 e. The first-order chi connectivity index (χ1) is 13.4. The Balaban J connectivity index is 1.88. The summed E-state index contributed by atoms with van der Waals surface area (Å²) in [5.74, 6) is -1.20. The van der Waals surface area contributed by atoms with E-state index in [9.17, 15) is 14.4 Å². The van der Waals surface area contributed by atoms with Crippen LogP contribution in [0, 0.1) is 6.92 Å². The molecule has 9 heteroatoms. The number of para-hydroxylation sites is 2. The summed E-state index contributed by atoms with van der Waals surface area (Å²) in [6.07, 6.45) is 2.78. The number of ketones is 1. The van der Waals surface area contributed by atoms with Crippen LogP contribution in [0.25, 0.3) is 5.69 Å². The molecule has 3 rings (SSSR count). The number of hydrogen-bond donors (Lipinski definition) is 2. The van der Waals surface area contributed by atoms with Gasteiger partial charge in [-0.3, -0.25) is 9.59 Å². The van der Waals surface area contributed by atoms with Crippen molar-refractivity contribution in [2.75, 3.05) is 12.4 Å². The van der Waals surface area contributed by atoms with Crippen LogP contribution < -0.4 is 5.32 Å². The highest BCUT2D eigenvalue weighted by Gasteiger charge is 2.24. The molecule has 0 radical (unpaired) electrons. The Morgan fingerprint density at radius 2 is 2.00 bits per heavy atom. The molecule has 3 aromatic rings. The number of H-pyrrole nitrogens is 1. The second kappa shape index (κ2) is 7.87. The summed E-state index contributed by atoms with van der Waals surface area (Å²) < 4.78 is 6.33. The fraction of sp³-hybridized carbons (Fsp3) is 0.211. The summed E-state index contributed by atoms with van der Waals surface area (Å²) in [6, 6.07) is 7.12. The molecule has 1 aromatic carbocycles. The van der Waals surface area contributed by atoms with Crippen LogP contribution in [0.1, 0.15) is 39.0 Å². The molecule has 0 unspecified atom stereocenters. The number of nitrogens with zero attached hydrogens (tertiary/aromatic N) is 3. The fourth-order valence-electron chi connectivity index (χ4n) is 2.99. The van der Waals surface area contributed by atoms with E-state index in [0.29, 0.717) is 22.6 Å². The van der Waals surface area contributed by atoms with Gasteiger partial charge in [0.1, 0.15) is 12.7 Å². The van der Waals surface area contributed by atoms with Gasteiger partial charge in [-0.25, -0.2) is 14.5 Å². The van der Waals surface area contributed by atoms with Crippen LogP contribution in [0.4, 0.5) is 5.69 Å². The molecule has 0 bridgehead atoms. The number of rotatable bonds is 6. The second-order valence-electron chi connectivity index (χ2n) is 6.11. The Morgan fingerprint density at radius 3 is 2.64 bits per heavy atom. The Morgan fingerprint density at radius 1 is 1.25 bits per heavy atom. The third-order valence-corrected chi connectivity index (χ3v) is 4.25. The van der Waals surface area contributed by atoms with Gasteiger partial charge in [0.15, 0.2) is 5.78 Å². The van der Waals surface area contributed by atoms with Gasteiger partial charge in [-0.2, -0.15) is 5.10 Å². The number of aromatic nitrogens is 4. The van der Waals surface area contributed by atoms with Crippen LogP contribution in [-0.4, -0.2) is 44.5 Å². The number of amides is 1. The highest BCUT2D eigenvalue weighted by Crippen LogP contribution is 2.22. The normalized spacial score (nSPS) is 10.5. The molecule has 144 valence electrons. The largest absolute Gasteiger partial charge is 0.465 e. The van der Waals surface area contributed by atoms with Crippen molar-refractivity contribution in [2.24, 2.45) is 0 Å². The first-order valence-corrected chi connectivity index (χ1v) is 8.47. The molecule has 0 aliphatic heterocycles. The molecule has 28 heavy (non-hydrogen) atoms. The maximum atomic E-state index is 12.6. The van der Waals surface area contributed by atoms with Gasteiger partial charge in [-0.05, 0) is 24.6 Å². The van der Waals surface area contributed by atoms with Crippen molar-refractivity contribution in [2.45, 2.75) is 20.3 Å². The highest BCUT2D eigenvalue weighted by molar-refractivity contribution is 6.02. The van der Waals surface area contributed by atoms with Crippen molar-refractivity contribution >= 4 is 23.3 Å². The summed E-state index contributed by atoms with van der Waals surface area (Å²) >= 11 is 0. The molecular formula is C19H19N5O4. The van der Waals surface area contributed by atoms with Crippen molar-refractivity contribution in [3.05, 3.63) is 59.4 Å². The standard InChI is InChI=1S/C19H19N5O4/c1-11-17(19(27)28-3)14(23-18(11)12(2)25)8-16(26)22-13-6-4-5-7-15(13)24-10-20-9-21-24/h4-7,9-10,23H,8H2,1-3H3,(H,22,26). The number of methoxy groups -OCH3 is 1. The molecule has 9 nitrogen and oxygen atoms in total.